The van der Waals surface area contributed by atoms with Gasteiger partial charge < -0.3 is 9.47 Å². The van der Waals surface area contributed by atoms with Gasteiger partial charge in [0, 0.05) is 17.8 Å². The Labute approximate surface area is 141 Å². The Hall–Kier alpha value is -2.06. The molecule has 1 unspecified atom stereocenters. The number of ether oxygens (including phenoxy) is 2. The van der Waals surface area contributed by atoms with Gasteiger partial charge >= 0.3 is 0 Å². The lowest BCUT2D eigenvalue weighted by atomic mass is 10.2. The van der Waals surface area contributed by atoms with Crippen molar-refractivity contribution in [1.29, 1.82) is 0 Å². The summed E-state index contributed by atoms with van der Waals surface area (Å²) in [4.78, 5) is 9.95. The van der Waals surface area contributed by atoms with Crippen LogP contribution in [0.25, 0.3) is 10.9 Å². The first-order valence-electron chi connectivity index (χ1n) is 7.13. The molecule has 2 heterocycles. The summed E-state index contributed by atoms with van der Waals surface area (Å²) in [5.74, 6) is 0.711. The zero-order chi connectivity index (χ0) is 16.2. The summed E-state index contributed by atoms with van der Waals surface area (Å²) in [5, 5.41) is 9.46. The fourth-order valence-corrected chi connectivity index (χ4v) is 2.60. The second-order valence-corrected chi connectivity index (χ2v) is 5.80. The van der Waals surface area contributed by atoms with Gasteiger partial charge in [-0.05, 0) is 35.0 Å². The second kappa shape index (κ2) is 7.01. The number of rotatable bonds is 6. The molecule has 0 saturated heterocycles. The van der Waals surface area contributed by atoms with Crippen molar-refractivity contribution in [2.24, 2.45) is 0 Å². The summed E-state index contributed by atoms with van der Waals surface area (Å²) in [6.45, 7) is 3.11. The standard InChI is InChI=1S/C15H16BrN5O2/c1-10(13-8-19-21(20-13)5-6-22-2)23-14-4-3-12(16)15-11(14)7-17-9-18-15/h3-4,7-10H,5-6H2,1-2H3. The van der Waals surface area contributed by atoms with Crippen molar-refractivity contribution in [3.8, 4) is 5.75 Å². The molecular formula is C15H16BrN5O2. The van der Waals surface area contributed by atoms with Gasteiger partial charge in [0.1, 0.15) is 23.9 Å². The van der Waals surface area contributed by atoms with Crippen LogP contribution in [0.3, 0.4) is 0 Å². The highest BCUT2D eigenvalue weighted by atomic mass is 79.9. The molecule has 7 nitrogen and oxygen atoms in total. The first-order chi connectivity index (χ1) is 11.2. The topological polar surface area (TPSA) is 75.0 Å². The Morgan fingerprint density at radius 3 is 3.00 bits per heavy atom. The zero-order valence-corrected chi connectivity index (χ0v) is 14.4. The van der Waals surface area contributed by atoms with Crippen LogP contribution in [0.15, 0.2) is 35.3 Å². The molecule has 0 aliphatic rings. The second-order valence-electron chi connectivity index (χ2n) is 4.95. The van der Waals surface area contributed by atoms with Crippen molar-refractivity contribution in [2.45, 2.75) is 19.6 Å². The maximum Gasteiger partial charge on any atom is 0.141 e. The van der Waals surface area contributed by atoms with E-state index in [0.29, 0.717) is 18.9 Å². The molecule has 0 spiro atoms. The van der Waals surface area contributed by atoms with Crippen molar-refractivity contribution in [3.63, 3.8) is 0 Å². The lowest BCUT2D eigenvalue weighted by Crippen LogP contribution is -2.09. The molecule has 3 aromatic rings. The van der Waals surface area contributed by atoms with Crippen LogP contribution in [-0.4, -0.2) is 38.7 Å². The highest BCUT2D eigenvalue weighted by Gasteiger charge is 2.15. The van der Waals surface area contributed by atoms with Gasteiger partial charge in [-0.3, -0.25) is 0 Å². The van der Waals surface area contributed by atoms with E-state index in [4.69, 9.17) is 9.47 Å². The van der Waals surface area contributed by atoms with Crippen molar-refractivity contribution in [2.75, 3.05) is 13.7 Å². The van der Waals surface area contributed by atoms with E-state index in [2.05, 4.69) is 36.1 Å². The van der Waals surface area contributed by atoms with Gasteiger partial charge in [-0.1, -0.05) is 0 Å². The molecule has 1 atom stereocenters. The Morgan fingerprint density at radius 2 is 2.17 bits per heavy atom. The molecule has 0 saturated carbocycles. The van der Waals surface area contributed by atoms with Gasteiger partial charge in [-0.2, -0.15) is 15.0 Å². The van der Waals surface area contributed by atoms with Crippen molar-refractivity contribution < 1.29 is 9.47 Å². The van der Waals surface area contributed by atoms with E-state index in [1.54, 1.807) is 24.3 Å². The van der Waals surface area contributed by atoms with Crippen LogP contribution < -0.4 is 4.74 Å². The summed E-state index contributed by atoms with van der Waals surface area (Å²) in [6.07, 6.45) is 4.72. The minimum atomic E-state index is -0.240. The number of hydrogen-bond donors (Lipinski definition) is 0. The number of methoxy groups -OCH3 is 1. The average molecular weight is 378 g/mol. The molecule has 0 radical (unpaired) electrons. The average Bonchev–Trinajstić information content (AvgIpc) is 3.05. The monoisotopic (exact) mass is 377 g/mol. The first-order valence-corrected chi connectivity index (χ1v) is 7.92. The Bertz CT molecular complexity index is 807. The lowest BCUT2D eigenvalue weighted by Gasteiger charge is -2.14. The summed E-state index contributed by atoms with van der Waals surface area (Å²) < 4.78 is 12.0. The SMILES string of the molecule is COCCn1ncc(C(C)Oc2ccc(Br)c3ncncc23)n1. The molecule has 0 N–H and O–H groups in total. The molecule has 8 heteroatoms. The maximum absolute atomic E-state index is 6.04. The van der Waals surface area contributed by atoms with Gasteiger partial charge in [-0.25, -0.2) is 9.97 Å². The number of hydrogen-bond acceptors (Lipinski definition) is 6. The molecule has 3 rings (SSSR count). The van der Waals surface area contributed by atoms with E-state index in [9.17, 15) is 0 Å². The summed E-state index contributed by atoms with van der Waals surface area (Å²) >= 11 is 3.49. The fraction of sp³-hybridized carbons (Fsp3) is 0.333. The summed E-state index contributed by atoms with van der Waals surface area (Å²) in [5.41, 5.74) is 1.57. The molecule has 0 fully saturated rings. The number of halogens is 1. The molecular weight excluding hydrogens is 362 g/mol. The molecule has 2 aromatic heterocycles. The summed E-state index contributed by atoms with van der Waals surface area (Å²) in [6, 6.07) is 3.80. The lowest BCUT2D eigenvalue weighted by molar-refractivity contribution is 0.177. The predicted octanol–water partition coefficient (Wildman–Crippen LogP) is 2.77. The Balaban J connectivity index is 1.81. The van der Waals surface area contributed by atoms with Crippen LogP contribution in [-0.2, 0) is 11.3 Å². The van der Waals surface area contributed by atoms with Gasteiger partial charge in [0.2, 0.25) is 0 Å². The van der Waals surface area contributed by atoms with Gasteiger partial charge in [-0.15, -0.1) is 0 Å². The molecule has 0 aliphatic carbocycles. The largest absolute Gasteiger partial charge is 0.484 e. The normalized spacial score (nSPS) is 12.5. The van der Waals surface area contributed by atoms with Crippen LogP contribution in [0.4, 0.5) is 0 Å². The van der Waals surface area contributed by atoms with Crippen molar-refractivity contribution in [3.05, 3.63) is 41.0 Å². The molecule has 0 amide bonds. The van der Waals surface area contributed by atoms with Crippen LogP contribution in [0, 0.1) is 0 Å². The number of fused-ring (bicyclic) bond motifs is 1. The van der Waals surface area contributed by atoms with E-state index in [1.807, 2.05) is 19.1 Å². The summed E-state index contributed by atoms with van der Waals surface area (Å²) in [7, 11) is 1.65. The molecule has 1 aromatic carbocycles. The van der Waals surface area contributed by atoms with E-state index in [-0.39, 0.29) is 6.10 Å². The molecule has 120 valence electrons. The minimum absolute atomic E-state index is 0.240. The Kier molecular flexibility index (Phi) is 4.82. The Morgan fingerprint density at radius 1 is 1.30 bits per heavy atom. The van der Waals surface area contributed by atoms with E-state index >= 15 is 0 Å². The third-order valence-electron chi connectivity index (χ3n) is 3.35. The van der Waals surface area contributed by atoms with Gasteiger partial charge in [0.25, 0.3) is 0 Å². The number of nitrogens with zero attached hydrogens (tertiary/aromatic N) is 5. The van der Waals surface area contributed by atoms with Crippen molar-refractivity contribution >= 4 is 26.8 Å². The maximum atomic E-state index is 6.04. The third-order valence-corrected chi connectivity index (χ3v) is 3.99. The molecule has 0 aliphatic heterocycles. The first kappa shape index (κ1) is 15.8. The van der Waals surface area contributed by atoms with Crippen LogP contribution in [0.5, 0.6) is 5.75 Å². The quantitative estimate of drug-likeness (QED) is 0.657. The van der Waals surface area contributed by atoms with Crippen molar-refractivity contribution in [1.82, 2.24) is 25.0 Å². The molecule has 23 heavy (non-hydrogen) atoms. The predicted molar refractivity (Wildman–Crippen MR) is 88.2 cm³/mol. The molecule has 0 bridgehead atoms. The van der Waals surface area contributed by atoms with Crippen LogP contribution >= 0.6 is 15.9 Å². The van der Waals surface area contributed by atoms with Crippen LogP contribution in [0.2, 0.25) is 0 Å². The van der Waals surface area contributed by atoms with Crippen LogP contribution in [0.1, 0.15) is 18.7 Å². The third kappa shape index (κ3) is 3.48. The van der Waals surface area contributed by atoms with Gasteiger partial charge in [0.15, 0.2) is 0 Å². The van der Waals surface area contributed by atoms with Gasteiger partial charge in [0.05, 0.1) is 30.3 Å². The van der Waals surface area contributed by atoms with E-state index in [0.717, 1.165) is 21.1 Å². The smallest absolute Gasteiger partial charge is 0.141 e. The number of benzene rings is 1. The van der Waals surface area contributed by atoms with E-state index < -0.39 is 0 Å². The number of aromatic nitrogens is 5. The highest BCUT2D eigenvalue weighted by molar-refractivity contribution is 9.10. The highest BCUT2D eigenvalue weighted by Crippen LogP contribution is 2.31. The van der Waals surface area contributed by atoms with E-state index in [1.165, 1.54) is 6.33 Å². The fourth-order valence-electron chi connectivity index (χ4n) is 2.15. The zero-order valence-electron chi connectivity index (χ0n) is 12.8. The minimum Gasteiger partial charge on any atom is -0.484 e.